The third kappa shape index (κ3) is 11.8. The zero-order valence-electron chi connectivity index (χ0n) is 49.2. The summed E-state index contributed by atoms with van der Waals surface area (Å²) in [7, 11) is 0.208. The first-order valence-corrected chi connectivity index (χ1v) is 30.1. The second-order valence-corrected chi connectivity index (χ2v) is 27.3. The van der Waals surface area contributed by atoms with E-state index in [0.29, 0.717) is 50.4 Å². The van der Waals surface area contributed by atoms with Crippen molar-refractivity contribution in [2.24, 2.45) is 0 Å². The van der Waals surface area contributed by atoms with E-state index in [4.69, 9.17) is 41.7 Å². The number of benzene rings is 6. The molecule has 0 amide bonds. The fourth-order valence-electron chi connectivity index (χ4n) is 12.0. The lowest BCUT2D eigenvalue weighted by atomic mass is 9.70. The first kappa shape index (κ1) is 57.0. The molecule has 1 aliphatic carbocycles. The number of morpholine rings is 1. The van der Waals surface area contributed by atoms with Gasteiger partial charge in [-0.25, -0.2) is 0 Å². The van der Waals surface area contributed by atoms with Crippen molar-refractivity contribution in [2.75, 3.05) is 58.6 Å². The Morgan fingerprint density at radius 1 is 0.628 bits per heavy atom. The molecule has 0 aromatic heterocycles. The molecule has 10 nitrogen and oxygen atoms in total. The van der Waals surface area contributed by atoms with Crippen molar-refractivity contribution in [1.29, 1.82) is 0 Å². The SMILES string of the molecule is CCC1(CC)c2cc(-c3ccccc3)ccc2-c2c1c1c(c3cc(OC)c(OC)cc23)OC(c2ccc(OCCOC(C)(C)CC[Si](OC(C)(C)C)(OC(C)(C)C)OC(C)(C)C)cc2)(c2ccc(N3CCOCC3)cc2)C=C1. The Bertz CT molecular complexity index is 3040. The van der Waals surface area contributed by atoms with Gasteiger partial charge in [0.05, 0.1) is 56.4 Å². The highest BCUT2D eigenvalue weighted by molar-refractivity contribution is 6.61. The molecule has 78 heavy (non-hydrogen) atoms. The molecule has 0 bridgehead atoms. The Labute approximate surface area is 466 Å². The second-order valence-electron chi connectivity index (χ2n) is 24.8. The van der Waals surface area contributed by atoms with Gasteiger partial charge < -0.3 is 46.6 Å². The van der Waals surface area contributed by atoms with Crippen LogP contribution in [0.2, 0.25) is 6.04 Å². The normalized spacial score (nSPS) is 17.3. The molecule has 416 valence electrons. The number of nitrogens with zero attached hydrogens (tertiary/aromatic N) is 1. The first-order chi connectivity index (χ1) is 37.0. The molecular formula is C67H85NO9Si. The van der Waals surface area contributed by atoms with Crippen molar-refractivity contribution in [3.63, 3.8) is 0 Å². The summed E-state index contributed by atoms with van der Waals surface area (Å²) in [5.41, 5.74) is 8.56. The molecule has 3 aliphatic rings. The number of ether oxygens (including phenoxy) is 6. The second kappa shape index (κ2) is 22.1. The Balaban J connectivity index is 1.06. The average molecular weight is 1080 g/mol. The minimum Gasteiger partial charge on any atom is -0.493 e. The predicted molar refractivity (Wildman–Crippen MR) is 319 cm³/mol. The third-order valence-corrected chi connectivity index (χ3v) is 19.0. The van der Waals surface area contributed by atoms with E-state index in [1.165, 1.54) is 33.4 Å². The largest absolute Gasteiger partial charge is 0.502 e. The number of methoxy groups -OCH3 is 2. The molecule has 2 aliphatic heterocycles. The van der Waals surface area contributed by atoms with Crippen LogP contribution in [-0.4, -0.2) is 84.9 Å². The van der Waals surface area contributed by atoms with Gasteiger partial charge in [-0.1, -0.05) is 86.7 Å². The molecule has 2 heterocycles. The molecule has 1 atom stereocenters. The molecule has 0 radical (unpaired) electrons. The molecule has 6 aromatic rings. The molecule has 0 N–H and O–H groups in total. The quantitative estimate of drug-likeness (QED) is 0.0577. The first-order valence-electron chi connectivity index (χ1n) is 28.2. The van der Waals surface area contributed by atoms with Crippen LogP contribution in [0.4, 0.5) is 5.69 Å². The van der Waals surface area contributed by atoms with Crippen LogP contribution in [-0.2, 0) is 33.8 Å². The molecule has 1 unspecified atom stereocenters. The maximum absolute atomic E-state index is 7.86. The van der Waals surface area contributed by atoms with Gasteiger partial charge in [0.2, 0.25) is 0 Å². The Hall–Kier alpha value is -5.66. The standard InChI is InChI=1S/C67H85NO9Si/c1-16-66(17-2)56-43-47(46-21-19-18-20-22-46)23-32-52(56)59-54-44-57(69-14)58(70-15)45-55(54)61-53(60(59)66)33-34-67(74-61,48-24-28-50(29-25-48)68-36-38-71-39-37-68)49-26-30-51(31-27-49)72-40-41-73-65(12,13)35-42-78(75-62(3,4)5,76-63(6,7)8)77-64(9,10)11/h18-34,43-45H,16-17,35-42H2,1-15H3. The summed E-state index contributed by atoms with van der Waals surface area (Å²) in [5.74, 6) is 2.87. The van der Waals surface area contributed by atoms with Crippen molar-refractivity contribution in [3.8, 4) is 45.3 Å². The van der Waals surface area contributed by atoms with Crippen LogP contribution in [0.5, 0.6) is 23.0 Å². The fourth-order valence-corrected chi connectivity index (χ4v) is 16.1. The van der Waals surface area contributed by atoms with Gasteiger partial charge in [0.1, 0.15) is 18.1 Å². The zero-order valence-corrected chi connectivity index (χ0v) is 50.2. The van der Waals surface area contributed by atoms with Crippen LogP contribution in [0.25, 0.3) is 39.1 Å². The lowest BCUT2D eigenvalue weighted by molar-refractivity contribution is -0.0823. The number of rotatable bonds is 19. The lowest BCUT2D eigenvalue weighted by Gasteiger charge is -2.44. The summed E-state index contributed by atoms with van der Waals surface area (Å²) in [5, 5.41) is 2.03. The van der Waals surface area contributed by atoms with Crippen molar-refractivity contribution in [1.82, 2.24) is 0 Å². The summed E-state index contributed by atoms with van der Waals surface area (Å²) in [4.78, 5) is 2.38. The maximum Gasteiger partial charge on any atom is 0.502 e. The summed E-state index contributed by atoms with van der Waals surface area (Å²) >= 11 is 0. The molecule has 0 saturated carbocycles. The number of fused-ring (bicyclic) bond motifs is 8. The average Bonchev–Trinajstić information content (AvgIpc) is 3.75. The van der Waals surface area contributed by atoms with Crippen molar-refractivity contribution in [2.45, 2.75) is 149 Å². The van der Waals surface area contributed by atoms with Gasteiger partial charge in [-0.3, -0.25) is 0 Å². The Morgan fingerprint density at radius 2 is 1.21 bits per heavy atom. The van der Waals surface area contributed by atoms with E-state index in [0.717, 1.165) is 70.6 Å². The van der Waals surface area contributed by atoms with Crippen molar-refractivity contribution < 1.29 is 41.7 Å². The molecule has 9 rings (SSSR count). The topological polar surface area (TPSA) is 86.3 Å². The van der Waals surface area contributed by atoms with E-state index in [2.05, 4.69) is 204 Å². The van der Waals surface area contributed by atoms with E-state index in [1.54, 1.807) is 14.2 Å². The van der Waals surface area contributed by atoms with Crippen LogP contribution in [0.3, 0.4) is 0 Å². The molecular weight excluding hydrogens is 991 g/mol. The minimum absolute atomic E-state index is 0.291. The minimum atomic E-state index is -3.20. The van der Waals surface area contributed by atoms with E-state index in [-0.39, 0.29) is 5.41 Å². The number of anilines is 1. The summed E-state index contributed by atoms with van der Waals surface area (Å²) in [6.07, 6.45) is 7.11. The van der Waals surface area contributed by atoms with Gasteiger partial charge in [0.25, 0.3) is 0 Å². The van der Waals surface area contributed by atoms with E-state index in [1.807, 2.05) is 12.1 Å². The van der Waals surface area contributed by atoms with E-state index >= 15 is 0 Å². The summed E-state index contributed by atoms with van der Waals surface area (Å²) in [6, 6.07) is 39.8. The van der Waals surface area contributed by atoms with Gasteiger partial charge in [0.15, 0.2) is 17.1 Å². The summed E-state index contributed by atoms with van der Waals surface area (Å²) < 4.78 is 59.1. The molecule has 11 heteroatoms. The van der Waals surface area contributed by atoms with Crippen LogP contribution in [0.1, 0.15) is 137 Å². The van der Waals surface area contributed by atoms with Crippen LogP contribution in [0, 0.1) is 0 Å². The predicted octanol–water partition coefficient (Wildman–Crippen LogP) is 15.7. The Morgan fingerprint density at radius 3 is 1.77 bits per heavy atom. The van der Waals surface area contributed by atoms with Crippen molar-refractivity contribution >= 4 is 31.3 Å². The van der Waals surface area contributed by atoms with Crippen LogP contribution < -0.4 is 23.8 Å². The third-order valence-electron chi connectivity index (χ3n) is 15.4. The summed E-state index contributed by atoms with van der Waals surface area (Å²) in [6.45, 7) is 31.3. The number of hydrogen-bond acceptors (Lipinski definition) is 10. The number of hydrogen-bond donors (Lipinski definition) is 0. The van der Waals surface area contributed by atoms with Gasteiger partial charge in [-0.15, -0.1) is 0 Å². The highest BCUT2D eigenvalue weighted by Gasteiger charge is 2.51. The monoisotopic (exact) mass is 1080 g/mol. The molecule has 6 aromatic carbocycles. The smallest absolute Gasteiger partial charge is 0.493 e. The highest BCUT2D eigenvalue weighted by Crippen LogP contribution is 2.61. The highest BCUT2D eigenvalue weighted by atomic mass is 28.4. The van der Waals surface area contributed by atoms with Gasteiger partial charge in [0, 0.05) is 52.3 Å². The van der Waals surface area contributed by atoms with E-state index < -0.39 is 36.8 Å². The van der Waals surface area contributed by atoms with Crippen LogP contribution in [0.15, 0.2) is 115 Å². The lowest BCUT2D eigenvalue weighted by Crippen LogP contribution is -2.57. The maximum atomic E-state index is 7.86. The fraction of sp³-hybridized carbons (Fsp3) is 0.463. The molecule has 1 saturated heterocycles. The van der Waals surface area contributed by atoms with Crippen molar-refractivity contribution in [3.05, 3.63) is 143 Å². The van der Waals surface area contributed by atoms with Gasteiger partial charge >= 0.3 is 8.80 Å². The van der Waals surface area contributed by atoms with Gasteiger partial charge in [-0.05, 0) is 183 Å². The Kier molecular flexibility index (Phi) is 16.2. The molecule has 0 spiro atoms. The zero-order chi connectivity index (χ0) is 55.9. The van der Waals surface area contributed by atoms with Crippen LogP contribution >= 0.6 is 0 Å². The van der Waals surface area contributed by atoms with E-state index in [9.17, 15) is 0 Å². The van der Waals surface area contributed by atoms with Gasteiger partial charge in [-0.2, -0.15) is 0 Å². The molecule has 1 fully saturated rings.